The van der Waals surface area contributed by atoms with E-state index >= 15 is 0 Å². The van der Waals surface area contributed by atoms with Crippen LogP contribution in [0, 0.1) is 6.92 Å². The third-order valence-corrected chi connectivity index (χ3v) is 3.54. The Morgan fingerprint density at radius 3 is 2.63 bits per heavy atom. The van der Waals surface area contributed by atoms with Crippen LogP contribution in [0.15, 0.2) is 18.2 Å². The fourth-order valence-electron chi connectivity index (χ4n) is 2.86. The van der Waals surface area contributed by atoms with Crippen LogP contribution in [-0.4, -0.2) is 22.2 Å². The van der Waals surface area contributed by atoms with E-state index < -0.39 is 5.97 Å². The number of benzene rings is 1. The van der Waals surface area contributed by atoms with Crippen LogP contribution in [0.4, 0.5) is 0 Å². The first-order chi connectivity index (χ1) is 8.99. The summed E-state index contributed by atoms with van der Waals surface area (Å²) in [5.41, 5.74) is 9.20. The van der Waals surface area contributed by atoms with Gasteiger partial charge >= 0.3 is 5.97 Å². The number of hydrogen-bond acceptors (Lipinski definition) is 2. The van der Waals surface area contributed by atoms with E-state index in [9.17, 15) is 9.90 Å². The molecule has 0 aliphatic carbocycles. The Morgan fingerprint density at radius 1 is 1.42 bits per heavy atom. The minimum atomic E-state index is -0.884. The second-order valence-electron chi connectivity index (χ2n) is 5.07. The molecule has 102 valence electrons. The summed E-state index contributed by atoms with van der Waals surface area (Å²) in [5.74, 6) is -0.884. The second kappa shape index (κ2) is 5.05. The van der Waals surface area contributed by atoms with Crippen molar-refractivity contribution in [2.24, 2.45) is 5.73 Å². The molecular weight excluding hydrogens is 240 g/mol. The monoisotopic (exact) mass is 260 g/mol. The zero-order valence-corrected chi connectivity index (χ0v) is 11.6. The molecule has 0 saturated carbocycles. The topological polar surface area (TPSA) is 68.2 Å². The van der Waals surface area contributed by atoms with Gasteiger partial charge in [0.25, 0.3) is 0 Å². The first kappa shape index (κ1) is 13.6. The predicted molar refractivity (Wildman–Crippen MR) is 76.8 cm³/mol. The Labute approximate surface area is 112 Å². The number of carboxylic acids is 1. The highest BCUT2D eigenvalue weighted by molar-refractivity contribution is 6.05. The maximum Gasteiger partial charge on any atom is 0.336 e. The minimum absolute atomic E-state index is 0.290. The van der Waals surface area contributed by atoms with Gasteiger partial charge in [0.2, 0.25) is 0 Å². The highest BCUT2D eigenvalue weighted by Crippen LogP contribution is 2.31. The van der Waals surface area contributed by atoms with Gasteiger partial charge in [-0.2, -0.15) is 0 Å². The molecule has 0 radical (unpaired) electrons. The molecule has 1 aromatic heterocycles. The highest BCUT2D eigenvalue weighted by Gasteiger charge is 2.20. The molecule has 0 bridgehead atoms. The van der Waals surface area contributed by atoms with Gasteiger partial charge in [0.1, 0.15) is 0 Å². The number of aromatic nitrogens is 1. The summed E-state index contributed by atoms with van der Waals surface area (Å²) in [4.78, 5) is 11.4. The molecule has 0 spiro atoms. The van der Waals surface area contributed by atoms with Crippen molar-refractivity contribution in [1.82, 2.24) is 4.57 Å². The van der Waals surface area contributed by atoms with Crippen molar-refractivity contribution in [1.29, 1.82) is 0 Å². The average molecular weight is 260 g/mol. The van der Waals surface area contributed by atoms with Crippen LogP contribution in [0.2, 0.25) is 0 Å². The summed E-state index contributed by atoms with van der Waals surface area (Å²) in [5, 5.41) is 10.2. The zero-order chi connectivity index (χ0) is 14.2. The summed E-state index contributed by atoms with van der Waals surface area (Å²) in [7, 11) is 0. The first-order valence-corrected chi connectivity index (χ1v) is 6.54. The Hall–Kier alpha value is -1.81. The number of hydrogen-bond donors (Lipinski definition) is 2. The lowest BCUT2D eigenvalue weighted by Gasteiger charge is -2.12. The number of carbonyl (C=O) groups is 1. The minimum Gasteiger partial charge on any atom is -0.478 e. The van der Waals surface area contributed by atoms with E-state index in [1.165, 1.54) is 0 Å². The molecule has 1 heterocycles. The molecule has 0 aliphatic rings. The number of rotatable bonds is 4. The van der Waals surface area contributed by atoms with Gasteiger partial charge in [0.05, 0.1) is 5.56 Å². The number of fused-ring (bicyclic) bond motifs is 1. The van der Waals surface area contributed by atoms with Gasteiger partial charge in [0, 0.05) is 22.6 Å². The molecule has 2 rings (SSSR count). The number of nitrogens with zero attached hydrogens (tertiary/aromatic N) is 1. The fraction of sp³-hybridized carbons (Fsp3) is 0.400. The van der Waals surface area contributed by atoms with Gasteiger partial charge in [-0.15, -0.1) is 0 Å². The molecule has 0 unspecified atom stereocenters. The SMILES string of the molecule is Cc1c(CCN)c2c(C(=O)O)cccc2n1C(C)C. The Morgan fingerprint density at radius 2 is 2.11 bits per heavy atom. The van der Waals surface area contributed by atoms with Crippen molar-refractivity contribution < 1.29 is 9.90 Å². The van der Waals surface area contributed by atoms with E-state index in [0.29, 0.717) is 18.5 Å². The van der Waals surface area contributed by atoms with Crippen molar-refractivity contribution >= 4 is 16.9 Å². The zero-order valence-electron chi connectivity index (χ0n) is 11.6. The van der Waals surface area contributed by atoms with E-state index in [-0.39, 0.29) is 6.04 Å². The van der Waals surface area contributed by atoms with Gasteiger partial charge in [0.15, 0.2) is 0 Å². The third kappa shape index (κ3) is 2.12. The molecule has 4 heteroatoms. The van der Waals surface area contributed by atoms with Gasteiger partial charge in [-0.1, -0.05) is 6.07 Å². The van der Waals surface area contributed by atoms with Crippen LogP contribution >= 0.6 is 0 Å². The van der Waals surface area contributed by atoms with Crippen molar-refractivity contribution in [3.63, 3.8) is 0 Å². The summed E-state index contributed by atoms with van der Waals surface area (Å²) in [6, 6.07) is 5.73. The highest BCUT2D eigenvalue weighted by atomic mass is 16.4. The van der Waals surface area contributed by atoms with Crippen LogP contribution in [0.25, 0.3) is 10.9 Å². The summed E-state index contributed by atoms with van der Waals surface area (Å²) >= 11 is 0. The normalized spacial score (nSPS) is 11.4. The standard InChI is InChI=1S/C15H20N2O2/c1-9(2)17-10(3)11(7-8-16)14-12(15(18)19)5-4-6-13(14)17/h4-6,9H,7-8,16H2,1-3H3,(H,18,19). The lowest BCUT2D eigenvalue weighted by atomic mass is 10.0. The number of aromatic carboxylic acids is 1. The van der Waals surface area contributed by atoms with E-state index in [0.717, 1.165) is 22.2 Å². The Balaban J connectivity index is 2.89. The van der Waals surface area contributed by atoms with Gasteiger partial charge in [-0.3, -0.25) is 0 Å². The lowest BCUT2D eigenvalue weighted by Crippen LogP contribution is -2.06. The quantitative estimate of drug-likeness (QED) is 0.888. The second-order valence-corrected chi connectivity index (χ2v) is 5.07. The predicted octanol–water partition coefficient (Wildman–Crippen LogP) is 2.73. The summed E-state index contributed by atoms with van der Waals surface area (Å²) < 4.78 is 2.19. The maximum atomic E-state index is 11.4. The number of carboxylic acid groups (broad SMARTS) is 1. The van der Waals surface area contributed by atoms with Crippen LogP contribution < -0.4 is 5.73 Å². The van der Waals surface area contributed by atoms with Crippen LogP contribution in [0.3, 0.4) is 0 Å². The van der Waals surface area contributed by atoms with Gasteiger partial charge in [-0.05, 0) is 51.4 Å². The molecular formula is C15H20N2O2. The van der Waals surface area contributed by atoms with Crippen LogP contribution in [-0.2, 0) is 6.42 Å². The molecule has 4 nitrogen and oxygen atoms in total. The van der Waals surface area contributed by atoms with Crippen molar-refractivity contribution in [3.05, 3.63) is 35.0 Å². The molecule has 2 aromatic rings. The van der Waals surface area contributed by atoms with E-state index in [1.54, 1.807) is 12.1 Å². The van der Waals surface area contributed by atoms with Crippen LogP contribution in [0.5, 0.6) is 0 Å². The fourth-order valence-corrected chi connectivity index (χ4v) is 2.86. The first-order valence-electron chi connectivity index (χ1n) is 6.54. The van der Waals surface area contributed by atoms with Crippen molar-refractivity contribution in [2.75, 3.05) is 6.54 Å². The van der Waals surface area contributed by atoms with Crippen molar-refractivity contribution in [3.8, 4) is 0 Å². The molecule has 0 aliphatic heterocycles. The summed E-state index contributed by atoms with van der Waals surface area (Å²) in [6.07, 6.45) is 0.701. The number of nitrogens with two attached hydrogens (primary N) is 1. The largest absolute Gasteiger partial charge is 0.478 e. The Bertz CT molecular complexity index is 627. The molecule has 0 fully saturated rings. The van der Waals surface area contributed by atoms with Gasteiger partial charge in [-0.25, -0.2) is 4.79 Å². The smallest absolute Gasteiger partial charge is 0.336 e. The van der Waals surface area contributed by atoms with Crippen molar-refractivity contribution in [2.45, 2.75) is 33.2 Å². The van der Waals surface area contributed by atoms with E-state index in [1.807, 2.05) is 13.0 Å². The van der Waals surface area contributed by atoms with Crippen LogP contribution in [0.1, 0.15) is 41.5 Å². The molecule has 0 saturated heterocycles. The molecule has 0 amide bonds. The molecule has 1 aromatic carbocycles. The molecule has 0 atom stereocenters. The van der Waals surface area contributed by atoms with Gasteiger partial charge < -0.3 is 15.4 Å². The average Bonchev–Trinajstić information content (AvgIpc) is 2.62. The maximum absolute atomic E-state index is 11.4. The molecule has 3 N–H and O–H groups in total. The molecule has 19 heavy (non-hydrogen) atoms. The summed E-state index contributed by atoms with van der Waals surface area (Å²) in [6.45, 7) is 6.76. The third-order valence-electron chi connectivity index (χ3n) is 3.54. The lowest BCUT2D eigenvalue weighted by molar-refractivity contribution is 0.0699. The Kier molecular flexibility index (Phi) is 3.62. The van der Waals surface area contributed by atoms with E-state index in [2.05, 4.69) is 18.4 Å². The van der Waals surface area contributed by atoms with E-state index in [4.69, 9.17) is 5.73 Å².